The molecule has 2 unspecified atom stereocenters. The highest BCUT2D eigenvalue weighted by Gasteiger charge is 2.37. The molecule has 0 aromatic heterocycles. The molecule has 0 amide bonds. The van der Waals surface area contributed by atoms with E-state index in [0.29, 0.717) is 24.8 Å². The van der Waals surface area contributed by atoms with Crippen LogP contribution >= 0.6 is 0 Å². The predicted octanol–water partition coefficient (Wildman–Crippen LogP) is 6.18. The van der Waals surface area contributed by atoms with Crippen molar-refractivity contribution in [3.05, 3.63) is 23.8 Å². The van der Waals surface area contributed by atoms with Gasteiger partial charge in [-0.3, -0.25) is 9.59 Å². The number of ether oxygens (including phenoxy) is 5. The van der Waals surface area contributed by atoms with Crippen molar-refractivity contribution in [1.29, 1.82) is 0 Å². The molecule has 0 saturated carbocycles. The fourth-order valence-electron chi connectivity index (χ4n) is 4.10. The molecule has 11 nitrogen and oxygen atoms in total. The first-order valence-corrected chi connectivity index (χ1v) is 14.5. The van der Waals surface area contributed by atoms with Gasteiger partial charge in [0.25, 0.3) is 0 Å². The van der Waals surface area contributed by atoms with Crippen LogP contribution in [-0.2, 0) is 30.2 Å². The van der Waals surface area contributed by atoms with Gasteiger partial charge in [-0.05, 0) is 43.9 Å². The third-order valence-electron chi connectivity index (χ3n) is 6.37. The van der Waals surface area contributed by atoms with Gasteiger partial charge in [-0.2, -0.15) is 0 Å². The van der Waals surface area contributed by atoms with E-state index in [2.05, 4.69) is 0 Å². The zero-order valence-electron chi connectivity index (χ0n) is 25.1. The van der Waals surface area contributed by atoms with Crippen molar-refractivity contribution >= 4 is 24.2 Å². The number of rotatable bonds is 19. The molecular weight excluding hydrogens is 534 g/mol. The van der Waals surface area contributed by atoms with Crippen LogP contribution < -0.4 is 15.2 Å². The minimum atomic E-state index is -1.81. The van der Waals surface area contributed by atoms with Gasteiger partial charge in [0, 0.05) is 12.8 Å². The summed E-state index contributed by atoms with van der Waals surface area (Å²) in [7, 11) is 0. The minimum Gasteiger partial charge on any atom is -0.480 e. The Morgan fingerprint density at radius 1 is 0.854 bits per heavy atom. The van der Waals surface area contributed by atoms with Crippen LogP contribution in [0.1, 0.15) is 98.0 Å². The number of carbonyl (C=O) groups excluding carboxylic acids is 3. The van der Waals surface area contributed by atoms with Crippen molar-refractivity contribution in [1.82, 2.24) is 0 Å². The molecule has 1 rings (SSSR count). The Morgan fingerprint density at radius 2 is 1.41 bits per heavy atom. The summed E-state index contributed by atoms with van der Waals surface area (Å²) in [5.41, 5.74) is 4.87. The van der Waals surface area contributed by atoms with Crippen molar-refractivity contribution in [3.8, 4) is 11.5 Å². The Morgan fingerprint density at radius 3 is 1.93 bits per heavy atom. The zero-order chi connectivity index (χ0) is 30.8. The standard InChI is InChI=1S/C30H47NO10/c1-6-9-11-16-37-28(35)40-24-15-14-23(18-25(24)41-29(36)38-17-12-10-7-2)20-30(31,27(33)34)19-22(5)39-26(32)21(4)13-8-3/h14-15,18,21-22H,6-13,16-17,19-20,31H2,1-5H3,(H,33,34)/t21?,22-,30?/m0/s1. The van der Waals surface area contributed by atoms with Crippen LogP contribution in [0.15, 0.2) is 18.2 Å². The summed E-state index contributed by atoms with van der Waals surface area (Å²) in [4.78, 5) is 49.1. The smallest absolute Gasteiger partial charge is 0.480 e. The quantitative estimate of drug-likeness (QED) is 0.0830. The van der Waals surface area contributed by atoms with E-state index >= 15 is 0 Å². The minimum absolute atomic E-state index is 0.107. The van der Waals surface area contributed by atoms with Crippen molar-refractivity contribution < 1.29 is 48.0 Å². The normalized spacial score (nSPS) is 13.8. The number of nitrogens with two attached hydrogens (primary N) is 1. The molecular formula is C30H47NO10. The second-order valence-electron chi connectivity index (χ2n) is 10.4. The van der Waals surface area contributed by atoms with Gasteiger partial charge in [0.05, 0.1) is 19.1 Å². The Labute approximate surface area is 243 Å². The number of hydrogen-bond donors (Lipinski definition) is 2. The van der Waals surface area contributed by atoms with Gasteiger partial charge < -0.3 is 34.5 Å². The average Bonchev–Trinajstić information content (AvgIpc) is 2.90. The molecule has 1 aromatic carbocycles. The van der Waals surface area contributed by atoms with Gasteiger partial charge in [0.2, 0.25) is 0 Å². The Balaban J connectivity index is 3.10. The topological polar surface area (TPSA) is 161 Å². The first kappa shape index (κ1) is 35.7. The van der Waals surface area contributed by atoms with Crippen LogP contribution in [-0.4, -0.2) is 54.2 Å². The fourth-order valence-corrected chi connectivity index (χ4v) is 4.10. The highest BCUT2D eigenvalue weighted by Crippen LogP contribution is 2.31. The molecule has 0 aliphatic heterocycles. The SMILES string of the molecule is CCCCCOC(=O)Oc1ccc(CC(N)(C[C@H](C)OC(=O)C(C)CCC)C(=O)O)cc1OC(=O)OCCCCC. The van der Waals surface area contributed by atoms with Crippen LogP contribution in [0, 0.1) is 5.92 Å². The molecule has 0 spiro atoms. The Hall–Kier alpha value is -3.34. The first-order chi connectivity index (χ1) is 19.4. The molecule has 3 atom stereocenters. The number of carboxylic acids is 1. The van der Waals surface area contributed by atoms with Crippen molar-refractivity contribution in [2.75, 3.05) is 13.2 Å². The number of benzene rings is 1. The van der Waals surface area contributed by atoms with Crippen molar-refractivity contribution in [3.63, 3.8) is 0 Å². The molecule has 3 N–H and O–H groups in total. The van der Waals surface area contributed by atoms with Crippen molar-refractivity contribution in [2.24, 2.45) is 11.7 Å². The van der Waals surface area contributed by atoms with Crippen LogP contribution in [0.3, 0.4) is 0 Å². The summed E-state index contributed by atoms with van der Waals surface area (Å²) < 4.78 is 26.2. The molecule has 0 saturated heterocycles. The number of esters is 1. The Kier molecular flexibility index (Phi) is 16.5. The second kappa shape index (κ2) is 18.9. The Bertz CT molecular complexity index is 982. The number of unbranched alkanes of at least 4 members (excludes halogenated alkanes) is 4. The van der Waals surface area contributed by atoms with Crippen LogP contribution in [0.25, 0.3) is 0 Å². The number of carboxylic acid groups (broad SMARTS) is 1. The molecule has 232 valence electrons. The van der Waals surface area contributed by atoms with Crippen molar-refractivity contribution in [2.45, 2.75) is 110 Å². The summed E-state index contributed by atoms with van der Waals surface area (Å²) in [5, 5.41) is 9.96. The van der Waals surface area contributed by atoms with E-state index in [-0.39, 0.29) is 43.5 Å². The van der Waals surface area contributed by atoms with Gasteiger partial charge in [0.15, 0.2) is 11.5 Å². The highest BCUT2D eigenvalue weighted by atomic mass is 16.7. The summed E-state index contributed by atoms with van der Waals surface area (Å²) in [6.45, 7) is 9.67. The van der Waals surface area contributed by atoms with Crippen LogP contribution in [0.4, 0.5) is 9.59 Å². The summed E-state index contributed by atoms with van der Waals surface area (Å²) >= 11 is 0. The van der Waals surface area contributed by atoms with Gasteiger partial charge in [0.1, 0.15) is 11.6 Å². The molecule has 0 radical (unpaired) electrons. The lowest BCUT2D eigenvalue weighted by Crippen LogP contribution is -2.52. The predicted molar refractivity (Wildman–Crippen MR) is 152 cm³/mol. The van der Waals surface area contributed by atoms with E-state index in [1.165, 1.54) is 18.2 Å². The maximum Gasteiger partial charge on any atom is 0.513 e. The largest absolute Gasteiger partial charge is 0.513 e. The second-order valence-corrected chi connectivity index (χ2v) is 10.4. The van der Waals surface area contributed by atoms with Gasteiger partial charge >= 0.3 is 24.2 Å². The highest BCUT2D eigenvalue weighted by molar-refractivity contribution is 5.79. The number of hydrogen-bond acceptors (Lipinski definition) is 10. The number of carbonyl (C=O) groups is 4. The molecule has 0 bridgehead atoms. The summed E-state index contributed by atoms with van der Waals surface area (Å²) in [6, 6.07) is 4.22. The molecule has 1 aromatic rings. The van der Waals surface area contributed by atoms with Gasteiger partial charge in [-0.15, -0.1) is 0 Å². The number of aliphatic carboxylic acids is 1. The monoisotopic (exact) mass is 581 g/mol. The molecule has 0 heterocycles. The van der Waals surface area contributed by atoms with Crippen LogP contribution in [0.5, 0.6) is 11.5 Å². The third-order valence-corrected chi connectivity index (χ3v) is 6.37. The molecule has 0 aliphatic rings. The van der Waals surface area contributed by atoms with E-state index in [1.54, 1.807) is 13.8 Å². The third kappa shape index (κ3) is 13.7. The van der Waals surface area contributed by atoms with E-state index in [1.807, 2.05) is 20.8 Å². The molecule has 41 heavy (non-hydrogen) atoms. The van der Waals surface area contributed by atoms with Gasteiger partial charge in [-0.25, -0.2) is 9.59 Å². The maximum atomic E-state index is 12.3. The maximum absolute atomic E-state index is 12.3. The summed E-state index contributed by atoms with van der Waals surface area (Å²) in [6.07, 6.45) is 3.38. The van der Waals surface area contributed by atoms with E-state index in [9.17, 15) is 24.3 Å². The van der Waals surface area contributed by atoms with E-state index in [4.69, 9.17) is 29.4 Å². The average molecular weight is 582 g/mol. The lowest BCUT2D eigenvalue weighted by Gasteiger charge is -2.28. The zero-order valence-corrected chi connectivity index (χ0v) is 25.1. The van der Waals surface area contributed by atoms with Gasteiger partial charge in [-0.1, -0.05) is 65.9 Å². The molecule has 11 heteroatoms. The van der Waals surface area contributed by atoms with Crippen LogP contribution in [0.2, 0.25) is 0 Å². The van der Waals surface area contributed by atoms with E-state index < -0.39 is 35.9 Å². The summed E-state index contributed by atoms with van der Waals surface area (Å²) in [5.74, 6) is -2.29. The van der Waals surface area contributed by atoms with E-state index in [0.717, 1.165) is 32.1 Å². The fraction of sp³-hybridized carbons (Fsp3) is 0.667. The molecule has 0 fully saturated rings. The lowest BCUT2D eigenvalue weighted by atomic mass is 9.86. The lowest BCUT2D eigenvalue weighted by molar-refractivity contribution is -0.156. The molecule has 0 aliphatic carbocycles. The first-order valence-electron chi connectivity index (χ1n) is 14.5.